The van der Waals surface area contributed by atoms with Crippen LogP contribution in [0.1, 0.15) is 41.5 Å². The van der Waals surface area contributed by atoms with Crippen LogP contribution in [0.15, 0.2) is 10.7 Å². The molecule has 0 aliphatic carbocycles. The van der Waals surface area contributed by atoms with E-state index in [0.717, 1.165) is 42.6 Å². The lowest BCUT2D eigenvalue weighted by Crippen LogP contribution is -2.37. The standard InChI is InChI=1S/C15H22N4O2/c1-10-14(12(3)21-17-10)8-18-5-6-19-13(9-20-4)7-16-15(19)11(18)2/h7,11H,5-6,8-9H2,1-4H3. The maximum Gasteiger partial charge on any atom is 0.138 e. The van der Waals surface area contributed by atoms with Crippen LogP contribution in [-0.4, -0.2) is 33.3 Å². The number of rotatable bonds is 4. The Kier molecular flexibility index (Phi) is 3.82. The lowest BCUT2D eigenvalue weighted by molar-refractivity contribution is 0.143. The molecule has 0 aromatic carbocycles. The van der Waals surface area contributed by atoms with Crippen molar-refractivity contribution in [1.82, 2.24) is 19.6 Å². The van der Waals surface area contributed by atoms with E-state index in [1.165, 1.54) is 5.56 Å². The maximum atomic E-state index is 5.26. The molecule has 2 aromatic heterocycles. The molecule has 0 bridgehead atoms. The number of nitrogens with zero attached hydrogens (tertiary/aromatic N) is 4. The molecule has 3 rings (SSSR count). The zero-order valence-corrected chi connectivity index (χ0v) is 13.1. The normalized spacial score (nSPS) is 19.0. The molecule has 0 fully saturated rings. The lowest BCUT2D eigenvalue weighted by Gasteiger charge is -2.34. The Morgan fingerprint density at radius 1 is 1.38 bits per heavy atom. The number of ether oxygens (including phenoxy) is 1. The van der Waals surface area contributed by atoms with E-state index >= 15 is 0 Å². The average molecular weight is 290 g/mol. The van der Waals surface area contributed by atoms with E-state index in [2.05, 4.69) is 26.5 Å². The summed E-state index contributed by atoms with van der Waals surface area (Å²) in [6, 6.07) is 0.276. The molecule has 3 heterocycles. The quantitative estimate of drug-likeness (QED) is 0.864. The summed E-state index contributed by atoms with van der Waals surface area (Å²) in [7, 11) is 1.72. The van der Waals surface area contributed by atoms with Gasteiger partial charge in [-0.25, -0.2) is 4.98 Å². The Labute approximate surface area is 124 Å². The molecule has 0 saturated carbocycles. The zero-order valence-electron chi connectivity index (χ0n) is 13.1. The van der Waals surface area contributed by atoms with E-state index in [4.69, 9.17) is 9.26 Å². The second-order valence-electron chi connectivity index (χ2n) is 5.64. The third-order valence-corrected chi connectivity index (χ3v) is 4.34. The van der Waals surface area contributed by atoms with Gasteiger partial charge in [0.15, 0.2) is 0 Å². The molecule has 6 heteroatoms. The number of aryl methyl sites for hydroxylation is 2. The zero-order chi connectivity index (χ0) is 15.0. The molecule has 2 aromatic rings. The molecule has 114 valence electrons. The van der Waals surface area contributed by atoms with Gasteiger partial charge >= 0.3 is 0 Å². The van der Waals surface area contributed by atoms with E-state index in [1.807, 2.05) is 20.0 Å². The summed E-state index contributed by atoms with van der Waals surface area (Å²) < 4.78 is 12.8. The summed E-state index contributed by atoms with van der Waals surface area (Å²) >= 11 is 0. The van der Waals surface area contributed by atoms with E-state index < -0.39 is 0 Å². The van der Waals surface area contributed by atoms with Gasteiger partial charge in [0.1, 0.15) is 11.6 Å². The summed E-state index contributed by atoms with van der Waals surface area (Å²) in [5, 5.41) is 4.04. The van der Waals surface area contributed by atoms with Gasteiger partial charge < -0.3 is 13.8 Å². The highest BCUT2D eigenvalue weighted by molar-refractivity contribution is 5.21. The molecule has 21 heavy (non-hydrogen) atoms. The fourth-order valence-corrected chi connectivity index (χ4v) is 3.01. The van der Waals surface area contributed by atoms with Gasteiger partial charge in [-0.05, 0) is 20.8 Å². The smallest absolute Gasteiger partial charge is 0.138 e. The van der Waals surface area contributed by atoms with Crippen molar-refractivity contribution in [3.05, 3.63) is 34.7 Å². The summed E-state index contributed by atoms with van der Waals surface area (Å²) in [5.74, 6) is 2.02. The molecule has 1 atom stereocenters. The van der Waals surface area contributed by atoms with Crippen LogP contribution in [0.25, 0.3) is 0 Å². The van der Waals surface area contributed by atoms with Gasteiger partial charge in [0.2, 0.25) is 0 Å². The number of hydrogen-bond acceptors (Lipinski definition) is 5. The van der Waals surface area contributed by atoms with Crippen LogP contribution in [0.2, 0.25) is 0 Å². The average Bonchev–Trinajstić information content (AvgIpc) is 3.01. The van der Waals surface area contributed by atoms with Crippen LogP contribution in [0.3, 0.4) is 0 Å². The highest BCUT2D eigenvalue weighted by Gasteiger charge is 2.28. The maximum absolute atomic E-state index is 5.26. The van der Waals surface area contributed by atoms with Crippen molar-refractivity contribution in [3.63, 3.8) is 0 Å². The van der Waals surface area contributed by atoms with Crippen LogP contribution in [0.4, 0.5) is 0 Å². The van der Waals surface area contributed by atoms with Gasteiger partial charge in [-0.2, -0.15) is 0 Å². The summed E-state index contributed by atoms with van der Waals surface area (Å²) in [4.78, 5) is 7.01. The molecule has 1 aliphatic rings. The number of methoxy groups -OCH3 is 1. The predicted octanol–water partition coefficient (Wildman–Crippen LogP) is 2.21. The van der Waals surface area contributed by atoms with Crippen LogP contribution >= 0.6 is 0 Å². The van der Waals surface area contributed by atoms with E-state index in [0.29, 0.717) is 6.61 Å². The third-order valence-electron chi connectivity index (χ3n) is 4.34. The monoisotopic (exact) mass is 290 g/mol. The highest BCUT2D eigenvalue weighted by atomic mass is 16.5. The first-order valence-corrected chi connectivity index (χ1v) is 7.30. The molecule has 0 saturated heterocycles. The molecule has 1 aliphatic heterocycles. The van der Waals surface area contributed by atoms with Crippen LogP contribution < -0.4 is 0 Å². The Hall–Kier alpha value is -1.66. The molecule has 6 nitrogen and oxygen atoms in total. The Balaban J connectivity index is 1.81. The molecule has 0 spiro atoms. The van der Waals surface area contributed by atoms with Crippen LogP contribution in [0, 0.1) is 13.8 Å². The van der Waals surface area contributed by atoms with Gasteiger partial charge in [-0.15, -0.1) is 0 Å². The second-order valence-corrected chi connectivity index (χ2v) is 5.64. The van der Waals surface area contributed by atoms with Crippen LogP contribution in [-0.2, 0) is 24.4 Å². The molecule has 0 N–H and O–H groups in total. The Morgan fingerprint density at radius 3 is 2.86 bits per heavy atom. The summed E-state index contributed by atoms with van der Waals surface area (Å²) in [6.07, 6.45) is 1.93. The highest BCUT2D eigenvalue weighted by Crippen LogP contribution is 2.28. The topological polar surface area (TPSA) is 56.3 Å². The first kappa shape index (κ1) is 14.3. The number of imidazole rings is 1. The molecule has 1 unspecified atom stereocenters. The van der Waals surface area contributed by atoms with Gasteiger partial charge in [-0.3, -0.25) is 4.90 Å². The van der Waals surface area contributed by atoms with E-state index in [9.17, 15) is 0 Å². The largest absolute Gasteiger partial charge is 0.378 e. The van der Waals surface area contributed by atoms with Gasteiger partial charge in [-0.1, -0.05) is 5.16 Å². The van der Waals surface area contributed by atoms with Crippen molar-refractivity contribution >= 4 is 0 Å². The third kappa shape index (κ3) is 2.49. The lowest BCUT2D eigenvalue weighted by atomic mass is 10.1. The van der Waals surface area contributed by atoms with Crippen molar-refractivity contribution in [1.29, 1.82) is 0 Å². The Morgan fingerprint density at radius 2 is 2.19 bits per heavy atom. The fraction of sp³-hybridized carbons (Fsp3) is 0.600. The first-order valence-electron chi connectivity index (χ1n) is 7.30. The van der Waals surface area contributed by atoms with Crippen molar-refractivity contribution < 1.29 is 9.26 Å². The fourth-order valence-electron chi connectivity index (χ4n) is 3.01. The van der Waals surface area contributed by atoms with Gasteiger partial charge in [0, 0.05) is 32.3 Å². The Bertz CT molecular complexity index is 612. The number of hydrogen-bond donors (Lipinski definition) is 0. The minimum atomic E-state index is 0.276. The van der Waals surface area contributed by atoms with Gasteiger partial charge in [0.25, 0.3) is 0 Å². The molecule has 0 radical (unpaired) electrons. The minimum absolute atomic E-state index is 0.276. The van der Waals surface area contributed by atoms with E-state index in [-0.39, 0.29) is 6.04 Å². The van der Waals surface area contributed by atoms with E-state index in [1.54, 1.807) is 7.11 Å². The number of aromatic nitrogens is 3. The van der Waals surface area contributed by atoms with Gasteiger partial charge in [0.05, 0.1) is 30.2 Å². The summed E-state index contributed by atoms with van der Waals surface area (Å²) in [6.45, 7) is 9.58. The van der Waals surface area contributed by atoms with Crippen molar-refractivity contribution in [3.8, 4) is 0 Å². The molecular formula is C15H22N4O2. The summed E-state index contributed by atoms with van der Waals surface area (Å²) in [5.41, 5.74) is 3.32. The van der Waals surface area contributed by atoms with Crippen molar-refractivity contribution in [2.45, 2.75) is 46.5 Å². The predicted molar refractivity (Wildman–Crippen MR) is 77.7 cm³/mol. The van der Waals surface area contributed by atoms with Crippen molar-refractivity contribution in [2.24, 2.45) is 0 Å². The minimum Gasteiger partial charge on any atom is -0.378 e. The van der Waals surface area contributed by atoms with Crippen LogP contribution in [0.5, 0.6) is 0 Å². The van der Waals surface area contributed by atoms with Crippen molar-refractivity contribution in [2.75, 3.05) is 13.7 Å². The molecular weight excluding hydrogens is 268 g/mol. The SMILES string of the molecule is COCc1cnc2n1CCN(Cc1c(C)noc1C)C2C. The first-order chi connectivity index (χ1) is 10.1. The molecule has 0 amide bonds. The number of fused-ring (bicyclic) bond motifs is 1. The second kappa shape index (κ2) is 5.61.